The van der Waals surface area contributed by atoms with E-state index in [-0.39, 0.29) is 18.9 Å². The summed E-state index contributed by atoms with van der Waals surface area (Å²) in [6.07, 6.45) is -4.37. The minimum absolute atomic E-state index is 0.0554. The van der Waals surface area contributed by atoms with E-state index in [0.717, 1.165) is 0 Å². The van der Waals surface area contributed by atoms with Gasteiger partial charge in [0.2, 0.25) is 0 Å². The number of alkyl halides is 3. The van der Waals surface area contributed by atoms with Crippen LogP contribution in [-0.2, 0) is 9.53 Å². The van der Waals surface area contributed by atoms with Crippen molar-refractivity contribution in [2.24, 2.45) is 0 Å². The van der Waals surface area contributed by atoms with E-state index in [4.69, 9.17) is 0 Å². The second-order valence-electron chi connectivity index (χ2n) is 3.05. The number of carbonyl (C=O) groups excluding carboxylic acids is 1. The number of carbonyl (C=O) groups is 1. The Kier molecular flexibility index (Phi) is 7.11. The van der Waals surface area contributed by atoms with E-state index in [1.807, 2.05) is 0 Å². The molecule has 0 aliphatic rings. The lowest BCUT2D eigenvalue weighted by molar-refractivity contribution is -0.142. The summed E-state index contributed by atoms with van der Waals surface area (Å²) in [7, 11) is 0. The van der Waals surface area contributed by atoms with Gasteiger partial charge in [0.05, 0.1) is 13.2 Å². The molecule has 0 aromatic rings. The molecule has 0 radical (unpaired) electrons. The van der Waals surface area contributed by atoms with Gasteiger partial charge in [-0.1, -0.05) is 0 Å². The van der Waals surface area contributed by atoms with E-state index >= 15 is 0 Å². The zero-order valence-corrected chi connectivity index (χ0v) is 8.69. The quantitative estimate of drug-likeness (QED) is 0.533. The fraction of sp³-hybridized carbons (Fsp3) is 0.889. The maximum absolute atomic E-state index is 11.7. The predicted molar refractivity (Wildman–Crippen MR) is 49.4 cm³/mol. The van der Waals surface area contributed by atoms with Gasteiger partial charge >= 0.3 is 12.1 Å². The SMILES string of the molecule is CCOC(=O)CNCCCCC(F)(F)F. The lowest BCUT2D eigenvalue weighted by Crippen LogP contribution is -2.25. The normalized spacial score (nSPS) is 11.5. The van der Waals surface area contributed by atoms with Gasteiger partial charge in [-0.3, -0.25) is 4.79 Å². The number of unbranched alkanes of at least 4 members (excludes halogenated alkanes) is 1. The minimum Gasteiger partial charge on any atom is -0.465 e. The van der Waals surface area contributed by atoms with Crippen LogP contribution in [0.1, 0.15) is 26.2 Å². The standard InChI is InChI=1S/C9H16F3NO2/c1-2-15-8(14)7-13-6-4-3-5-9(10,11)12/h13H,2-7H2,1H3. The van der Waals surface area contributed by atoms with Gasteiger partial charge < -0.3 is 10.1 Å². The van der Waals surface area contributed by atoms with Gasteiger partial charge in [0.1, 0.15) is 0 Å². The van der Waals surface area contributed by atoms with Gasteiger partial charge in [-0.25, -0.2) is 0 Å². The molecular formula is C9H16F3NO2. The van der Waals surface area contributed by atoms with Crippen molar-refractivity contribution in [1.82, 2.24) is 5.32 Å². The third kappa shape index (κ3) is 11.1. The molecule has 15 heavy (non-hydrogen) atoms. The van der Waals surface area contributed by atoms with Crippen molar-refractivity contribution in [3.63, 3.8) is 0 Å². The number of hydrogen-bond donors (Lipinski definition) is 1. The van der Waals surface area contributed by atoms with Gasteiger partial charge in [0, 0.05) is 6.42 Å². The van der Waals surface area contributed by atoms with Gasteiger partial charge in [-0.05, 0) is 26.3 Å². The topological polar surface area (TPSA) is 38.3 Å². The number of esters is 1. The Morgan fingerprint density at radius 1 is 1.33 bits per heavy atom. The van der Waals surface area contributed by atoms with E-state index in [1.165, 1.54) is 0 Å². The van der Waals surface area contributed by atoms with Crippen molar-refractivity contribution >= 4 is 5.97 Å². The van der Waals surface area contributed by atoms with Crippen molar-refractivity contribution in [3.05, 3.63) is 0 Å². The molecule has 0 saturated heterocycles. The largest absolute Gasteiger partial charge is 0.465 e. The zero-order chi connectivity index (χ0) is 11.7. The molecule has 90 valence electrons. The Labute approximate surface area is 87.0 Å². The second-order valence-corrected chi connectivity index (χ2v) is 3.05. The first-order valence-electron chi connectivity index (χ1n) is 4.89. The molecule has 0 rings (SSSR count). The minimum atomic E-state index is -4.08. The highest BCUT2D eigenvalue weighted by atomic mass is 19.4. The van der Waals surface area contributed by atoms with E-state index in [0.29, 0.717) is 19.6 Å². The second kappa shape index (κ2) is 7.50. The van der Waals surface area contributed by atoms with Crippen molar-refractivity contribution in [3.8, 4) is 0 Å². The summed E-state index contributed by atoms with van der Waals surface area (Å²) in [5.41, 5.74) is 0. The summed E-state index contributed by atoms with van der Waals surface area (Å²) < 4.78 is 39.7. The Balaban J connectivity index is 3.22. The summed E-state index contributed by atoms with van der Waals surface area (Å²) in [6, 6.07) is 0. The lowest BCUT2D eigenvalue weighted by Gasteiger charge is -2.06. The van der Waals surface area contributed by atoms with E-state index in [9.17, 15) is 18.0 Å². The highest BCUT2D eigenvalue weighted by Gasteiger charge is 2.25. The number of hydrogen-bond acceptors (Lipinski definition) is 3. The molecule has 3 nitrogen and oxygen atoms in total. The summed E-state index contributed by atoms with van der Waals surface area (Å²) in [4.78, 5) is 10.8. The van der Waals surface area contributed by atoms with Crippen LogP contribution in [0.4, 0.5) is 13.2 Å². The first-order valence-corrected chi connectivity index (χ1v) is 4.89. The first-order chi connectivity index (χ1) is 6.95. The van der Waals surface area contributed by atoms with Crippen LogP contribution >= 0.6 is 0 Å². The summed E-state index contributed by atoms with van der Waals surface area (Å²) >= 11 is 0. The highest BCUT2D eigenvalue weighted by Crippen LogP contribution is 2.21. The zero-order valence-electron chi connectivity index (χ0n) is 8.69. The first kappa shape index (κ1) is 14.2. The number of ether oxygens (including phenoxy) is 1. The molecule has 0 fully saturated rings. The van der Waals surface area contributed by atoms with Crippen LogP contribution in [0.3, 0.4) is 0 Å². The Morgan fingerprint density at radius 3 is 2.53 bits per heavy atom. The Morgan fingerprint density at radius 2 is 2.00 bits per heavy atom. The molecule has 0 saturated carbocycles. The Hall–Kier alpha value is -0.780. The van der Waals surface area contributed by atoms with Gasteiger partial charge in [-0.15, -0.1) is 0 Å². The third-order valence-corrected chi connectivity index (χ3v) is 1.64. The summed E-state index contributed by atoms with van der Waals surface area (Å²) in [6.45, 7) is 2.46. The maximum atomic E-state index is 11.7. The average Bonchev–Trinajstić information content (AvgIpc) is 2.09. The van der Waals surface area contributed by atoms with Crippen LogP contribution in [0.15, 0.2) is 0 Å². The molecule has 0 amide bonds. The highest BCUT2D eigenvalue weighted by molar-refractivity contribution is 5.71. The molecule has 0 atom stereocenters. The summed E-state index contributed by atoms with van der Waals surface area (Å²) in [5, 5.41) is 2.71. The summed E-state index contributed by atoms with van der Waals surface area (Å²) in [5.74, 6) is -0.381. The average molecular weight is 227 g/mol. The third-order valence-electron chi connectivity index (χ3n) is 1.64. The van der Waals surface area contributed by atoms with Crippen molar-refractivity contribution in [1.29, 1.82) is 0 Å². The number of rotatable bonds is 7. The molecule has 0 bridgehead atoms. The van der Waals surface area contributed by atoms with E-state index in [1.54, 1.807) is 6.92 Å². The van der Waals surface area contributed by atoms with Crippen molar-refractivity contribution in [2.75, 3.05) is 19.7 Å². The molecule has 0 aromatic heterocycles. The van der Waals surface area contributed by atoms with Crippen molar-refractivity contribution < 1.29 is 22.7 Å². The van der Waals surface area contributed by atoms with Crippen LogP contribution in [-0.4, -0.2) is 31.8 Å². The van der Waals surface area contributed by atoms with Gasteiger partial charge in [-0.2, -0.15) is 13.2 Å². The van der Waals surface area contributed by atoms with Crippen LogP contribution in [0, 0.1) is 0 Å². The van der Waals surface area contributed by atoms with E-state index < -0.39 is 12.6 Å². The smallest absolute Gasteiger partial charge is 0.389 e. The van der Waals surface area contributed by atoms with Crippen LogP contribution in [0.25, 0.3) is 0 Å². The predicted octanol–water partition coefficient (Wildman–Crippen LogP) is 1.87. The van der Waals surface area contributed by atoms with Gasteiger partial charge in [0.15, 0.2) is 0 Å². The molecule has 0 spiro atoms. The number of nitrogens with one attached hydrogen (secondary N) is 1. The molecule has 0 aliphatic carbocycles. The fourth-order valence-corrected chi connectivity index (χ4v) is 0.978. The van der Waals surface area contributed by atoms with Crippen LogP contribution in [0.2, 0.25) is 0 Å². The molecule has 1 N–H and O–H groups in total. The van der Waals surface area contributed by atoms with Crippen LogP contribution in [0.5, 0.6) is 0 Å². The van der Waals surface area contributed by atoms with E-state index in [2.05, 4.69) is 10.1 Å². The molecule has 0 heterocycles. The fourth-order valence-electron chi connectivity index (χ4n) is 0.978. The molecule has 6 heteroatoms. The monoisotopic (exact) mass is 227 g/mol. The maximum Gasteiger partial charge on any atom is 0.389 e. The van der Waals surface area contributed by atoms with Crippen molar-refractivity contribution in [2.45, 2.75) is 32.4 Å². The molecule has 0 aliphatic heterocycles. The number of halogens is 3. The molecule has 0 unspecified atom stereocenters. The molecule has 0 aromatic carbocycles. The Bertz CT molecular complexity index is 183. The lowest BCUT2D eigenvalue weighted by atomic mass is 10.2. The van der Waals surface area contributed by atoms with Crippen LogP contribution < -0.4 is 5.32 Å². The van der Waals surface area contributed by atoms with Gasteiger partial charge in [0.25, 0.3) is 0 Å². The molecular weight excluding hydrogens is 211 g/mol.